The lowest BCUT2D eigenvalue weighted by molar-refractivity contribution is 0.151. The van der Waals surface area contributed by atoms with Crippen molar-refractivity contribution in [2.45, 2.75) is 13.3 Å². The number of halogens is 2. The molecule has 0 radical (unpaired) electrons. The first-order valence-electron chi connectivity index (χ1n) is 3.94. The number of thiophene rings is 1. The molecule has 0 saturated heterocycles. The number of alkyl halides is 2. The van der Waals surface area contributed by atoms with E-state index < -0.39 is 6.43 Å². The molecule has 0 nitrogen and oxygen atoms in total. The summed E-state index contributed by atoms with van der Waals surface area (Å²) in [6.45, 7) is 1.99. The molecule has 0 saturated carbocycles. The molecule has 1 heterocycles. The highest BCUT2D eigenvalue weighted by atomic mass is 32.1. The highest BCUT2D eigenvalue weighted by molar-refractivity contribution is 7.17. The van der Waals surface area contributed by atoms with E-state index in [4.69, 9.17) is 0 Å². The number of rotatable bonds is 1. The van der Waals surface area contributed by atoms with Crippen LogP contribution in [0.3, 0.4) is 0 Å². The fourth-order valence-electron chi connectivity index (χ4n) is 1.31. The summed E-state index contributed by atoms with van der Waals surface area (Å²) in [5.41, 5.74) is 1.26. The number of hydrogen-bond donors (Lipinski definition) is 0. The quantitative estimate of drug-likeness (QED) is 0.645. The molecule has 2 aromatic rings. The van der Waals surface area contributed by atoms with Crippen LogP contribution >= 0.6 is 11.3 Å². The molecule has 0 spiro atoms. The Labute approximate surface area is 78.8 Å². The van der Waals surface area contributed by atoms with Gasteiger partial charge in [-0.3, -0.25) is 0 Å². The smallest absolute Gasteiger partial charge is 0.205 e. The van der Waals surface area contributed by atoms with Gasteiger partial charge in [-0.05, 0) is 29.3 Å². The predicted molar refractivity (Wildman–Crippen MR) is 51.5 cm³/mol. The minimum Gasteiger partial charge on any atom is -0.205 e. The van der Waals surface area contributed by atoms with E-state index in [0.29, 0.717) is 0 Å². The lowest BCUT2D eigenvalue weighted by Gasteiger charge is -1.98. The number of fused-ring (bicyclic) bond motifs is 1. The monoisotopic (exact) mass is 198 g/mol. The zero-order valence-electron chi connectivity index (χ0n) is 7.05. The number of benzene rings is 1. The van der Waals surface area contributed by atoms with Gasteiger partial charge in [0.15, 0.2) is 0 Å². The maximum Gasteiger partial charge on any atom is 0.263 e. The maximum absolute atomic E-state index is 12.3. The van der Waals surface area contributed by atoms with Crippen LogP contribution in [0.25, 0.3) is 10.1 Å². The van der Waals surface area contributed by atoms with Gasteiger partial charge >= 0.3 is 0 Å². The summed E-state index contributed by atoms with van der Waals surface area (Å²) >= 11 is 1.51. The van der Waals surface area contributed by atoms with E-state index in [2.05, 4.69) is 0 Å². The molecule has 0 aliphatic heterocycles. The summed E-state index contributed by atoms with van der Waals surface area (Å²) in [5, 5.41) is 3.06. The fraction of sp³-hybridized carbons (Fsp3) is 0.200. The van der Waals surface area contributed by atoms with Crippen molar-refractivity contribution in [2.24, 2.45) is 0 Å². The van der Waals surface area contributed by atoms with Crippen LogP contribution in [0, 0.1) is 6.92 Å². The largest absolute Gasteiger partial charge is 0.263 e. The van der Waals surface area contributed by atoms with Crippen LogP contribution in [-0.2, 0) is 0 Å². The predicted octanol–water partition coefficient (Wildman–Crippen LogP) is 4.15. The molecule has 0 aliphatic carbocycles. The topological polar surface area (TPSA) is 0 Å². The van der Waals surface area contributed by atoms with Crippen LogP contribution in [0.2, 0.25) is 0 Å². The van der Waals surface area contributed by atoms with Gasteiger partial charge in [-0.1, -0.05) is 12.1 Å². The Hall–Kier alpha value is -0.960. The van der Waals surface area contributed by atoms with E-state index >= 15 is 0 Å². The third-order valence-electron chi connectivity index (χ3n) is 2.05. The van der Waals surface area contributed by atoms with Crippen LogP contribution in [0.4, 0.5) is 8.78 Å². The molecule has 68 valence electrons. The Kier molecular flexibility index (Phi) is 2.04. The highest BCUT2D eigenvalue weighted by Gasteiger charge is 2.08. The fourth-order valence-corrected chi connectivity index (χ4v) is 2.30. The van der Waals surface area contributed by atoms with Crippen LogP contribution in [0.15, 0.2) is 23.6 Å². The summed E-state index contributed by atoms with van der Waals surface area (Å²) in [6, 6.07) is 4.83. The maximum atomic E-state index is 12.3. The van der Waals surface area contributed by atoms with Crippen molar-refractivity contribution in [1.29, 1.82) is 0 Å². The molecule has 0 N–H and O–H groups in total. The zero-order valence-corrected chi connectivity index (χ0v) is 7.87. The summed E-state index contributed by atoms with van der Waals surface area (Å²) in [6.07, 6.45) is -2.37. The molecule has 0 bridgehead atoms. The van der Waals surface area contributed by atoms with Gasteiger partial charge in [0.2, 0.25) is 0 Å². The first-order chi connectivity index (χ1) is 6.18. The van der Waals surface area contributed by atoms with Crippen molar-refractivity contribution < 1.29 is 8.78 Å². The van der Waals surface area contributed by atoms with Crippen molar-refractivity contribution >= 4 is 21.4 Å². The van der Waals surface area contributed by atoms with Gasteiger partial charge in [-0.15, -0.1) is 11.3 Å². The van der Waals surface area contributed by atoms with Crippen LogP contribution in [-0.4, -0.2) is 0 Å². The molecule has 3 heteroatoms. The second kappa shape index (κ2) is 3.07. The molecule has 0 atom stereocenters. The summed E-state index contributed by atoms with van der Waals surface area (Å²) in [7, 11) is 0. The summed E-state index contributed by atoms with van der Waals surface area (Å²) in [5.74, 6) is 0. The van der Waals surface area contributed by atoms with E-state index in [0.717, 1.165) is 15.6 Å². The van der Waals surface area contributed by atoms with E-state index in [9.17, 15) is 8.78 Å². The standard InChI is InChI=1S/C10H8F2S/c1-6-5-13-9-4-7(10(11)12)2-3-8(6)9/h2-5,10H,1H3. The highest BCUT2D eigenvalue weighted by Crippen LogP contribution is 2.29. The SMILES string of the molecule is Cc1csc2cc(C(F)F)ccc12. The summed E-state index contributed by atoms with van der Waals surface area (Å²) in [4.78, 5) is 0. The van der Waals surface area contributed by atoms with Gasteiger partial charge in [0.1, 0.15) is 0 Å². The van der Waals surface area contributed by atoms with Gasteiger partial charge in [-0.25, -0.2) is 8.78 Å². The number of hydrogen-bond acceptors (Lipinski definition) is 1. The van der Waals surface area contributed by atoms with E-state index in [1.54, 1.807) is 12.1 Å². The van der Waals surface area contributed by atoms with E-state index in [-0.39, 0.29) is 5.56 Å². The molecule has 1 aromatic heterocycles. The van der Waals surface area contributed by atoms with Crippen LogP contribution < -0.4 is 0 Å². The van der Waals surface area contributed by atoms with Crippen molar-refractivity contribution in [3.8, 4) is 0 Å². The minimum atomic E-state index is -2.37. The van der Waals surface area contributed by atoms with Gasteiger partial charge in [0, 0.05) is 10.3 Å². The second-order valence-corrected chi connectivity index (χ2v) is 3.89. The third kappa shape index (κ3) is 1.44. The van der Waals surface area contributed by atoms with Gasteiger partial charge < -0.3 is 0 Å². The molecule has 0 fully saturated rings. The molecular formula is C10H8F2S. The Bertz CT molecular complexity index is 431. The number of aryl methyl sites for hydroxylation is 1. The summed E-state index contributed by atoms with van der Waals surface area (Å²) < 4.78 is 25.6. The molecule has 13 heavy (non-hydrogen) atoms. The van der Waals surface area contributed by atoms with E-state index in [1.807, 2.05) is 12.3 Å². The second-order valence-electron chi connectivity index (χ2n) is 2.98. The first-order valence-corrected chi connectivity index (χ1v) is 4.82. The van der Waals surface area contributed by atoms with Crippen molar-refractivity contribution in [3.63, 3.8) is 0 Å². The van der Waals surface area contributed by atoms with Gasteiger partial charge in [0.05, 0.1) is 0 Å². The Morgan fingerprint density at radius 3 is 2.77 bits per heavy atom. The molecule has 0 aliphatic rings. The zero-order chi connectivity index (χ0) is 9.42. The van der Waals surface area contributed by atoms with Crippen molar-refractivity contribution in [3.05, 3.63) is 34.7 Å². The van der Waals surface area contributed by atoms with Crippen LogP contribution in [0.1, 0.15) is 17.6 Å². The Morgan fingerprint density at radius 2 is 2.08 bits per heavy atom. The molecule has 1 aromatic carbocycles. The van der Waals surface area contributed by atoms with Crippen molar-refractivity contribution in [2.75, 3.05) is 0 Å². The lowest BCUT2D eigenvalue weighted by Crippen LogP contribution is -1.81. The molecular weight excluding hydrogens is 190 g/mol. The first kappa shape index (κ1) is 8.63. The molecule has 2 rings (SSSR count). The minimum absolute atomic E-state index is 0.106. The normalized spacial score (nSPS) is 11.4. The molecule has 0 unspecified atom stereocenters. The average molecular weight is 198 g/mol. The average Bonchev–Trinajstić information content (AvgIpc) is 2.47. The van der Waals surface area contributed by atoms with E-state index in [1.165, 1.54) is 17.4 Å². The van der Waals surface area contributed by atoms with Crippen molar-refractivity contribution in [1.82, 2.24) is 0 Å². The Morgan fingerprint density at radius 1 is 1.31 bits per heavy atom. The molecule has 0 amide bonds. The van der Waals surface area contributed by atoms with Gasteiger partial charge in [0.25, 0.3) is 6.43 Å². The lowest BCUT2D eigenvalue weighted by atomic mass is 10.1. The third-order valence-corrected chi connectivity index (χ3v) is 3.11. The van der Waals surface area contributed by atoms with Gasteiger partial charge in [-0.2, -0.15) is 0 Å². The van der Waals surface area contributed by atoms with Crippen LogP contribution in [0.5, 0.6) is 0 Å². The Balaban J connectivity index is 2.63.